The Labute approximate surface area is 164 Å². The lowest BCUT2D eigenvalue weighted by molar-refractivity contribution is -0.148. The molecule has 2 aliphatic heterocycles. The van der Waals surface area contributed by atoms with E-state index in [0.717, 1.165) is 11.3 Å². The second-order valence-electron chi connectivity index (χ2n) is 8.26. The maximum Gasteiger partial charge on any atom is 0.243 e. The Bertz CT molecular complexity index is 806. The fourth-order valence-electron chi connectivity index (χ4n) is 4.46. The third-order valence-corrected chi connectivity index (χ3v) is 5.87. The van der Waals surface area contributed by atoms with Crippen LogP contribution in [0.15, 0.2) is 36.4 Å². The number of rotatable bonds is 5. The first kappa shape index (κ1) is 18.7. The summed E-state index contributed by atoms with van der Waals surface area (Å²) in [5.41, 5.74) is 0.927. The van der Waals surface area contributed by atoms with Gasteiger partial charge in [0.2, 0.25) is 17.7 Å². The molecule has 6 nitrogen and oxygen atoms in total. The fraction of sp³-hybridized carbons (Fsp3) is 0.500. The molecule has 0 spiro atoms. The Morgan fingerprint density at radius 1 is 1.14 bits per heavy atom. The summed E-state index contributed by atoms with van der Waals surface area (Å²) in [6, 6.07) is 6.55. The summed E-state index contributed by atoms with van der Waals surface area (Å²) in [6.45, 7) is 4.35. The highest BCUT2D eigenvalue weighted by Gasteiger charge is 2.51. The van der Waals surface area contributed by atoms with Gasteiger partial charge in [0.1, 0.15) is 18.4 Å². The minimum atomic E-state index is -0.779. The van der Waals surface area contributed by atoms with Crippen molar-refractivity contribution in [2.24, 2.45) is 17.8 Å². The van der Waals surface area contributed by atoms with Gasteiger partial charge in [-0.05, 0) is 31.2 Å². The van der Waals surface area contributed by atoms with E-state index in [0.29, 0.717) is 25.9 Å². The highest BCUT2D eigenvalue weighted by molar-refractivity contribution is 6.08. The zero-order valence-electron chi connectivity index (χ0n) is 16.3. The van der Waals surface area contributed by atoms with Crippen LogP contribution in [0.4, 0.5) is 0 Å². The molecule has 6 heteroatoms. The van der Waals surface area contributed by atoms with Gasteiger partial charge in [0.15, 0.2) is 0 Å². The van der Waals surface area contributed by atoms with Crippen molar-refractivity contribution in [2.75, 3.05) is 6.61 Å². The van der Waals surface area contributed by atoms with Crippen molar-refractivity contribution in [3.63, 3.8) is 0 Å². The number of nitrogens with zero attached hydrogens (tertiary/aromatic N) is 1. The van der Waals surface area contributed by atoms with E-state index < -0.39 is 6.04 Å². The van der Waals surface area contributed by atoms with E-state index in [4.69, 9.17) is 4.74 Å². The summed E-state index contributed by atoms with van der Waals surface area (Å²) in [5, 5.41) is 3.01. The molecule has 0 saturated carbocycles. The smallest absolute Gasteiger partial charge is 0.243 e. The number of carbonyl (C=O) groups is 3. The molecule has 1 N–H and O–H groups in total. The van der Waals surface area contributed by atoms with Crippen LogP contribution in [0.2, 0.25) is 0 Å². The third-order valence-electron chi connectivity index (χ3n) is 5.87. The number of likely N-dealkylation sites (tertiary alicyclic amines) is 1. The summed E-state index contributed by atoms with van der Waals surface area (Å²) in [5.74, 6) is -0.410. The van der Waals surface area contributed by atoms with E-state index in [9.17, 15) is 14.4 Å². The molecular weight excluding hydrogens is 356 g/mol. The minimum absolute atomic E-state index is 0.171. The summed E-state index contributed by atoms with van der Waals surface area (Å²) >= 11 is 0. The monoisotopic (exact) mass is 382 g/mol. The van der Waals surface area contributed by atoms with E-state index in [1.54, 1.807) is 0 Å². The molecule has 3 aliphatic rings. The molecular formula is C22H26N2O4. The molecule has 0 unspecified atom stereocenters. The summed E-state index contributed by atoms with van der Waals surface area (Å²) < 4.78 is 5.65. The largest absolute Gasteiger partial charge is 0.491 e. The predicted octanol–water partition coefficient (Wildman–Crippen LogP) is 2.60. The molecule has 28 heavy (non-hydrogen) atoms. The normalized spacial score (nSPS) is 26.8. The molecule has 1 fully saturated rings. The lowest BCUT2D eigenvalue weighted by Crippen LogP contribution is -2.51. The number of amides is 3. The first-order chi connectivity index (χ1) is 13.5. The van der Waals surface area contributed by atoms with Crippen LogP contribution in [-0.2, 0) is 14.4 Å². The van der Waals surface area contributed by atoms with Gasteiger partial charge in [-0.1, -0.05) is 44.2 Å². The van der Waals surface area contributed by atoms with Gasteiger partial charge in [-0.3, -0.25) is 19.3 Å². The van der Waals surface area contributed by atoms with Crippen LogP contribution < -0.4 is 10.1 Å². The lowest BCUT2D eigenvalue weighted by atomic mass is 9.85. The maximum atomic E-state index is 13.2. The Morgan fingerprint density at radius 3 is 2.43 bits per heavy atom. The molecule has 2 heterocycles. The van der Waals surface area contributed by atoms with Gasteiger partial charge in [-0.25, -0.2) is 0 Å². The highest BCUT2D eigenvalue weighted by atomic mass is 16.5. The topological polar surface area (TPSA) is 75.7 Å². The zero-order valence-corrected chi connectivity index (χ0v) is 16.3. The number of para-hydroxylation sites is 1. The molecule has 0 radical (unpaired) electrons. The van der Waals surface area contributed by atoms with Gasteiger partial charge >= 0.3 is 0 Å². The highest BCUT2D eigenvalue weighted by Crippen LogP contribution is 2.37. The minimum Gasteiger partial charge on any atom is -0.491 e. The first-order valence-corrected chi connectivity index (χ1v) is 10.0. The number of benzene rings is 1. The zero-order chi connectivity index (χ0) is 19.8. The fourth-order valence-corrected chi connectivity index (χ4v) is 4.46. The molecule has 1 saturated heterocycles. The summed E-state index contributed by atoms with van der Waals surface area (Å²) in [7, 11) is 0. The van der Waals surface area contributed by atoms with Crippen molar-refractivity contribution < 1.29 is 19.1 Å². The van der Waals surface area contributed by atoms with Crippen LogP contribution in [0.5, 0.6) is 5.75 Å². The Kier molecular flexibility index (Phi) is 4.96. The number of nitrogens with one attached hydrogen (secondary N) is 1. The third kappa shape index (κ3) is 3.21. The van der Waals surface area contributed by atoms with Gasteiger partial charge in [0, 0.05) is 5.56 Å². The van der Waals surface area contributed by atoms with Crippen molar-refractivity contribution in [3.05, 3.63) is 42.0 Å². The number of hydrogen-bond donors (Lipinski definition) is 1. The van der Waals surface area contributed by atoms with Crippen molar-refractivity contribution in [1.82, 2.24) is 10.2 Å². The SMILES string of the molecule is CC(C)C[C@H](C(=O)N[C@@H]1COc2ccccc21)N1C(=O)[C@H]2CC=CC[C@@H]2C1=O. The van der Waals surface area contributed by atoms with Crippen molar-refractivity contribution in [2.45, 2.75) is 45.2 Å². The van der Waals surface area contributed by atoms with E-state index in [1.807, 2.05) is 50.3 Å². The van der Waals surface area contributed by atoms with Gasteiger partial charge < -0.3 is 10.1 Å². The van der Waals surface area contributed by atoms with Gasteiger partial charge in [-0.2, -0.15) is 0 Å². The predicted molar refractivity (Wildman–Crippen MR) is 103 cm³/mol. The van der Waals surface area contributed by atoms with Crippen LogP contribution in [0.1, 0.15) is 44.7 Å². The molecule has 4 rings (SSSR count). The van der Waals surface area contributed by atoms with Crippen LogP contribution in [0.25, 0.3) is 0 Å². The Hall–Kier alpha value is -2.63. The van der Waals surface area contributed by atoms with Crippen molar-refractivity contribution in [1.29, 1.82) is 0 Å². The number of hydrogen-bond acceptors (Lipinski definition) is 4. The lowest BCUT2D eigenvalue weighted by Gasteiger charge is -2.28. The average Bonchev–Trinajstić information content (AvgIpc) is 3.20. The number of ether oxygens (including phenoxy) is 1. The molecule has 1 aliphatic carbocycles. The summed E-state index contributed by atoms with van der Waals surface area (Å²) in [4.78, 5) is 40.4. The van der Waals surface area contributed by atoms with E-state index in [2.05, 4.69) is 5.32 Å². The molecule has 148 valence electrons. The number of carbonyl (C=O) groups excluding carboxylic acids is 3. The van der Waals surface area contributed by atoms with Crippen molar-refractivity contribution >= 4 is 17.7 Å². The molecule has 3 amide bonds. The molecule has 0 aromatic heterocycles. The summed E-state index contributed by atoms with van der Waals surface area (Å²) in [6.07, 6.45) is 5.52. The van der Waals surface area contributed by atoms with E-state index in [-0.39, 0.29) is 41.5 Å². The molecule has 1 aromatic rings. The van der Waals surface area contributed by atoms with Crippen LogP contribution in [0, 0.1) is 17.8 Å². The Balaban J connectivity index is 1.56. The van der Waals surface area contributed by atoms with E-state index >= 15 is 0 Å². The average molecular weight is 382 g/mol. The van der Waals surface area contributed by atoms with E-state index in [1.165, 1.54) is 4.90 Å². The number of allylic oxidation sites excluding steroid dienone is 2. The van der Waals surface area contributed by atoms with Crippen molar-refractivity contribution in [3.8, 4) is 5.75 Å². The van der Waals surface area contributed by atoms with Gasteiger partial charge in [-0.15, -0.1) is 0 Å². The number of fused-ring (bicyclic) bond motifs is 2. The van der Waals surface area contributed by atoms with Gasteiger partial charge in [0.25, 0.3) is 0 Å². The second kappa shape index (κ2) is 7.41. The van der Waals surface area contributed by atoms with Crippen LogP contribution >= 0.6 is 0 Å². The van der Waals surface area contributed by atoms with Crippen LogP contribution in [-0.4, -0.2) is 35.3 Å². The standard InChI is InChI=1S/C22H26N2O4/c1-13(2)11-18(24-21(26)14-7-3-4-8-15(14)22(24)27)20(25)23-17-12-28-19-10-6-5-9-16(17)19/h3-6,9-10,13-15,17-18H,7-8,11-12H2,1-2H3,(H,23,25)/t14-,15-,17+,18+/m0/s1. The van der Waals surface area contributed by atoms with Crippen LogP contribution in [0.3, 0.4) is 0 Å². The number of imide groups is 1. The molecule has 4 atom stereocenters. The quantitative estimate of drug-likeness (QED) is 0.627. The molecule has 0 bridgehead atoms. The van der Waals surface area contributed by atoms with Gasteiger partial charge in [0.05, 0.1) is 17.9 Å². The second-order valence-corrected chi connectivity index (χ2v) is 8.26. The maximum absolute atomic E-state index is 13.2. The Morgan fingerprint density at radius 2 is 1.79 bits per heavy atom. The first-order valence-electron chi connectivity index (χ1n) is 10.0. The molecule has 1 aromatic carbocycles.